The zero-order chi connectivity index (χ0) is 17.8. The van der Waals surface area contributed by atoms with E-state index in [-0.39, 0.29) is 16.9 Å². The summed E-state index contributed by atoms with van der Waals surface area (Å²) in [7, 11) is 0. The van der Waals surface area contributed by atoms with Gasteiger partial charge in [0.2, 0.25) is 0 Å². The lowest BCUT2D eigenvalue weighted by Gasteiger charge is -2.10. The number of nitrogens with zero attached hydrogens (tertiary/aromatic N) is 1. The van der Waals surface area contributed by atoms with Crippen molar-refractivity contribution < 1.29 is 13.6 Å². The van der Waals surface area contributed by atoms with Gasteiger partial charge in [0, 0.05) is 6.20 Å². The summed E-state index contributed by atoms with van der Waals surface area (Å²) < 4.78 is 27.4. The fraction of sp³-hybridized carbons (Fsp3) is 0. The van der Waals surface area contributed by atoms with Gasteiger partial charge in [-0.15, -0.1) is 0 Å². The largest absolute Gasteiger partial charge is 0.349 e. The molecule has 1 aromatic heterocycles. The minimum absolute atomic E-state index is 0.210. The van der Waals surface area contributed by atoms with Gasteiger partial charge in [0.1, 0.15) is 17.3 Å². The molecule has 0 spiro atoms. The molecule has 7 heteroatoms. The van der Waals surface area contributed by atoms with E-state index in [2.05, 4.69) is 15.6 Å². The highest BCUT2D eigenvalue weighted by Crippen LogP contribution is 2.24. The molecule has 0 aliphatic carbocycles. The van der Waals surface area contributed by atoms with E-state index in [0.717, 1.165) is 12.1 Å². The number of amides is 1. The summed E-state index contributed by atoms with van der Waals surface area (Å²) in [5, 5.41) is 5.64. The van der Waals surface area contributed by atoms with Crippen LogP contribution in [0.2, 0.25) is 5.02 Å². The van der Waals surface area contributed by atoms with Crippen molar-refractivity contribution in [2.45, 2.75) is 0 Å². The van der Waals surface area contributed by atoms with Gasteiger partial charge in [0.15, 0.2) is 0 Å². The SMILES string of the molecule is O=C(Nc1ccccc1Cl)c1cncc(Nc2c(F)cccc2F)c1. The fourth-order valence-electron chi connectivity index (χ4n) is 2.15. The van der Waals surface area contributed by atoms with Crippen LogP contribution in [0.4, 0.5) is 25.8 Å². The molecular formula is C18H12ClF2N3O. The number of rotatable bonds is 4. The number of carbonyl (C=O) groups is 1. The van der Waals surface area contributed by atoms with Crippen LogP contribution in [0.25, 0.3) is 0 Å². The Balaban J connectivity index is 1.82. The number of nitrogens with one attached hydrogen (secondary N) is 2. The smallest absolute Gasteiger partial charge is 0.257 e. The van der Waals surface area contributed by atoms with Crippen LogP contribution in [0.15, 0.2) is 60.9 Å². The molecule has 25 heavy (non-hydrogen) atoms. The van der Waals surface area contributed by atoms with E-state index < -0.39 is 17.5 Å². The third kappa shape index (κ3) is 3.92. The van der Waals surface area contributed by atoms with Crippen LogP contribution >= 0.6 is 11.6 Å². The summed E-state index contributed by atoms with van der Waals surface area (Å²) in [5.74, 6) is -1.94. The van der Waals surface area contributed by atoms with Crippen molar-refractivity contribution in [3.8, 4) is 0 Å². The Labute approximate surface area is 147 Å². The highest BCUT2D eigenvalue weighted by molar-refractivity contribution is 6.33. The number of para-hydroxylation sites is 2. The summed E-state index contributed by atoms with van der Waals surface area (Å²) in [6.07, 6.45) is 2.70. The molecular weight excluding hydrogens is 348 g/mol. The lowest BCUT2D eigenvalue weighted by Crippen LogP contribution is -2.13. The van der Waals surface area contributed by atoms with Gasteiger partial charge in [-0.2, -0.15) is 0 Å². The molecule has 0 aliphatic rings. The van der Waals surface area contributed by atoms with E-state index in [0.29, 0.717) is 10.7 Å². The molecule has 2 aromatic carbocycles. The monoisotopic (exact) mass is 359 g/mol. The van der Waals surface area contributed by atoms with Gasteiger partial charge < -0.3 is 10.6 Å². The molecule has 1 heterocycles. The fourth-order valence-corrected chi connectivity index (χ4v) is 2.33. The Morgan fingerprint density at radius 1 is 1.00 bits per heavy atom. The van der Waals surface area contributed by atoms with Crippen molar-refractivity contribution in [3.05, 3.63) is 83.1 Å². The summed E-state index contributed by atoms with van der Waals surface area (Å²) >= 11 is 6.00. The standard InChI is InChI=1S/C18H12ClF2N3O/c19-13-4-1-2-7-16(13)24-18(25)11-8-12(10-22-9-11)23-17-14(20)5-3-6-15(17)21/h1-10,23H,(H,24,25). The van der Waals surface area contributed by atoms with E-state index in [1.165, 1.54) is 24.5 Å². The van der Waals surface area contributed by atoms with Crippen LogP contribution in [0, 0.1) is 11.6 Å². The Bertz CT molecular complexity index is 913. The van der Waals surface area contributed by atoms with Crippen LogP contribution < -0.4 is 10.6 Å². The molecule has 0 fully saturated rings. The first kappa shape index (κ1) is 16.9. The maximum atomic E-state index is 13.7. The quantitative estimate of drug-likeness (QED) is 0.688. The lowest BCUT2D eigenvalue weighted by molar-refractivity contribution is 0.102. The second-order valence-electron chi connectivity index (χ2n) is 5.12. The van der Waals surface area contributed by atoms with Crippen LogP contribution in [0.1, 0.15) is 10.4 Å². The third-order valence-corrected chi connectivity index (χ3v) is 3.68. The maximum absolute atomic E-state index is 13.7. The molecule has 3 rings (SSSR count). The predicted octanol–water partition coefficient (Wildman–Crippen LogP) is 5.01. The van der Waals surface area contributed by atoms with Crippen molar-refractivity contribution in [2.24, 2.45) is 0 Å². The molecule has 0 aliphatic heterocycles. The number of aromatic nitrogens is 1. The molecule has 4 nitrogen and oxygen atoms in total. The number of hydrogen-bond acceptors (Lipinski definition) is 3. The number of pyridine rings is 1. The topological polar surface area (TPSA) is 54.0 Å². The van der Waals surface area contributed by atoms with Crippen LogP contribution in [0.5, 0.6) is 0 Å². The average Bonchev–Trinajstić information content (AvgIpc) is 2.60. The minimum atomic E-state index is -0.745. The molecule has 0 radical (unpaired) electrons. The Hall–Kier alpha value is -2.99. The van der Waals surface area contributed by atoms with Gasteiger partial charge in [0.25, 0.3) is 5.91 Å². The van der Waals surface area contributed by atoms with E-state index in [1.54, 1.807) is 24.3 Å². The molecule has 0 atom stereocenters. The summed E-state index contributed by atoms with van der Waals surface area (Å²) in [5.41, 5.74) is 0.623. The molecule has 2 N–H and O–H groups in total. The van der Waals surface area contributed by atoms with Crippen molar-refractivity contribution in [1.29, 1.82) is 0 Å². The zero-order valence-corrected chi connectivity index (χ0v) is 13.5. The second kappa shape index (κ2) is 7.27. The van der Waals surface area contributed by atoms with Gasteiger partial charge in [-0.25, -0.2) is 8.78 Å². The molecule has 0 saturated carbocycles. The van der Waals surface area contributed by atoms with Gasteiger partial charge in [0.05, 0.1) is 28.2 Å². The van der Waals surface area contributed by atoms with E-state index in [9.17, 15) is 13.6 Å². The first-order chi connectivity index (χ1) is 12.0. The maximum Gasteiger partial charge on any atom is 0.257 e. The van der Waals surface area contributed by atoms with Gasteiger partial charge in [-0.1, -0.05) is 29.8 Å². The number of carbonyl (C=O) groups excluding carboxylic acids is 1. The van der Waals surface area contributed by atoms with Crippen molar-refractivity contribution in [3.63, 3.8) is 0 Å². The Morgan fingerprint density at radius 2 is 1.72 bits per heavy atom. The first-order valence-corrected chi connectivity index (χ1v) is 7.64. The highest BCUT2D eigenvalue weighted by Gasteiger charge is 2.12. The summed E-state index contributed by atoms with van der Waals surface area (Å²) in [6, 6.07) is 11.7. The molecule has 1 amide bonds. The van der Waals surface area contributed by atoms with E-state index in [4.69, 9.17) is 11.6 Å². The van der Waals surface area contributed by atoms with Gasteiger partial charge in [-0.3, -0.25) is 9.78 Å². The minimum Gasteiger partial charge on any atom is -0.349 e. The number of anilines is 3. The molecule has 3 aromatic rings. The van der Waals surface area contributed by atoms with Gasteiger partial charge in [-0.05, 0) is 30.3 Å². The summed E-state index contributed by atoms with van der Waals surface area (Å²) in [6.45, 7) is 0. The van der Waals surface area contributed by atoms with Gasteiger partial charge >= 0.3 is 0 Å². The first-order valence-electron chi connectivity index (χ1n) is 7.26. The second-order valence-corrected chi connectivity index (χ2v) is 5.53. The number of benzene rings is 2. The molecule has 0 saturated heterocycles. The Morgan fingerprint density at radius 3 is 2.44 bits per heavy atom. The van der Waals surface area contributed by atoms with E-state index in [1.807, 2.05) is 0 Å². The number of hydrogen-bond donors (Lipinski definition) is 2. The van der Waals surface area contributed by atoms with Crippen molar-refractivity contribution in [1.82, 2.24) is 4.98 Å². The van der Waals surface area contributed by atoms with E-state index >= 15 is 0 Å². The predicted molar refractivity (Wildman–Crippen MR) is 93.3 cm³/mol. The van der Waals surface area contributed by atoms with Crippen LogP contribution in [0.3, 0.4) is 0 Å². The zero-order valence-electron chi connectivity index (χ0n) is 12.8. The van der Waals surface area contributed by atoms with Crippen LogP contribution in [-0.2, 0) is 0 Å². The Kier molecular flexibility index (Phi) is 4.90. The third-order valence-electron chi connectivity index (χ3n) is 3.35. The molecule has 126 valence electrons. The van der Waals surface area contributed by atoms with Crippen molar-refractivity contribution >= 4 is 34.6 Å². The number of halogens is 3. The average molecular weight is 360 g/mol. The van der Waals surface area contributed by atoms with Crippen molar-refractivity contribution in [2.75, 3.05) is 10.6 Å². The molecule has 0 bridgehead atoms. The lowest BCUT2D eigenvalue weighted by atomic mass is 10.2. The molecule has 0 unspecified atom stereocenters. The van der Waals surface area contributed by atoms with Crippen LogP contribution in [-0.4, -0.2) is 10.9 Å². The normalized spacial score (nSPS) is 10.4. The highest BCUT2D eigenvalue weighted by atomic mass is 35.5. The summed E-state index contributed by atoms with van der Waals surface area (Å²) in [4.78, 5) is 16.2.